The average Bonchev–Trinajstić information content (AvgIpc) is 3.04. The van der Waals surface area contributed by atoms with Crippen molar-refractivity contribution in [1.82, 2.24) is 9.38 Å². The van der Waals surface area contributed by atoms with Crippen LogP contribution in [-0.2, 0) is 0 Å². The van der Waals surface area contributed by atoms with Crippen molar-refractivity contribution >= 4 is 22.6 Å². The molecular formula is C15H12N2O3S. The van der Waals surface area contributed by atoms with Crippen molar-refractivity contribution in [2.24, 2.45) is 0 Å². The number of hydrogen-bond acceptors (Lipinski definition) is 5. The molecule has 2 aromatic heterocycles. The average molecular weight is 300 g/mol. The molecule has 106 valence electrons. The summed E-state index contributed by atoms with van der Waals surface area (Å²) < 4.78 is 13.1. The molecule has 3 aromatic rings. The monoisotopic (exact) mass is 300 g/mol. The number of carbonyl (C=O) groups is 1. The third-order valence-corrected chi connectivity index (χ3v) is 4.46. The predicted molar refractivity (Wildman–Crippen MR) is 79.6 cm³/mol. The molecule has 6 heteroatoms. The second-order valence-electron chi connectivity index (χ2n) is 4.78. The van der Waals surface area contributed by atoms with Crippen molar-refractivity contribution in [3.05, 3.63) is 35.0 Å². The Bertz CT molecular complexity index is 850. The minimum absolute atomic E-state index is 0.555. The summed E-state index contributed by atoms with van der Waals surface area (Å²) in [4.78, 5) is 17.4. The zero-order valence-electron chi connectivity index (χ0n) is 11.3. The number of thiazole rings is 1. The highest BCUT2D eigenvalue weighted by Crippen LogP contribution is 2.38. The summed E-state index contributed by atoms with van der Waals surface area (Å²) in [6.07, 6.45) is 2.42. The number of aldehydes is 1. The van der Waals surface area contributed by atoms with Crippen molar-refractivity contribution in [3.8, 4) is 22.8 Å². The van der Waals surface area contributed by atoms with Crippen molar-refractivity contribution < 1.29 is 14.3 Å². The maximum atomic E-state index is 11.2. The molecule has 5 nitrogen and oxygen atoms in total. The van der Waals surface area contributed by atoms with Crippen LogP contribution in [0.2, 0.25) is 0 Å². The van der Waals surface area contributed by atoms with Crippen molar-refractivity contribution in [2.75, 3.05) is 13.2 Å². The van der Waals surface area contributed by atoms with Gasteiger partial charge in [-0.3, -0.25) is 9.20 Å². The molecule has 0 bridgehead atoms. The van der Waals surface area contributed by atoms with Crippen LogP contribution in [-0.4, -0.2) is 28.9 Å². The van der Waals surface area contributed by atoms with Gasteiger partial charge in [-0.1, -0.05) is 0 Å². The lowest BCUT2D eigenvalue weighted by atomic mass is 10.1. The minimum Gasteiger partial charge on any atom is -0.486 e. The summed E-state index contributed by atoms with van der Waals surface area (Å²) >= 11 is 1.57. The van der Waals surface area contributed by atoms with E-state index in [9.17, 15) is 4.79 Å². The third-order valence-electron chi connectivity index (χ3n) is 3.49. The number of rotatable bonds is 2. The number of hydrogen-bond donors (Lipinski definition) is 0. The van der Waals surface area contributed by atoms with Gasteiger partial charge in [0.2, 0.25) is 0 Å². The quantitative estimate of drug-likeness (QED) is 0.683. The summed E-state index contributed by atoms with van der Waals surface area (Å²) in [5, 5.41) is 0. The molecule has 0 N–H and O–H groups in total. The maximum absolute atomic E-state index is 11.2. The fraction of sp³-hybridized carbons (Fsp3) is 0.200. The first-order chi connectivity index (χ1) is 10.3. The number of carbonyl (C=O) groups excluding carboxylic acids is 1. The molecule has 0 saturated heterocycles. The second kappa shape index (κ2) is 4.60. The van der Waals surface area contributed by atoms with Gasteiger partial charge in [0.25, 0.3) is 0 Å². The van der Waals surface area contributed by atoms with Crippen LogP contribution in [0, 0.1) is 6.92 Å². The second-order valence-corrected chi connectivity index (χ2v) is 5.97. The van der Waals surface area contributed by atoms with Crippen LogP contribution in [0.1, 0.15) is 15.4 Å². The Kier molecular flexibility index (Phi) is 2.71. The summed E-state index contributed by atoms with van der Waals surface area (Å²) in [6.45, 7) is 3.16. The van der Waals surface area contributed by atoms with Crippen LogP contribution in [0.25, 0.3) is 16.2 Å². The van der Waals surface area contributed by atoms with Crippen LogP contribution in [0.5, 0.6) is 11.5 Å². The molecule has 0 aliphatic carbocycles. The number of nitrogens with zero attached hydrogens (tertiary/aromatic N) is 2. The molecule has 1 aromatic carbocycles. The van der Waals surface area contributed by atoms with Gasteiger partial charge in [0.05, 0.1) is 11.9 Å². The highest BCUT2D eigenvalue weighted by Gasteiger charge is 2.18. The van der Waals surface area contributed by atoms with Gasteiger partial charge < -0.3 is 9.47 Å². The smallest absolute Gasteiger partial charge is 0.194 e. The number of aromatic nitrogens is 2. The van der Waals surface area contributed by atoms with Gasteiger partial charge in [-0.05, 0) is 25.1 Å². The van der Waals surface area contributed by atoms with Gasteiger partial charge in [0.15, 0.2) is 22.7 Å². The maximum Gasteiger partial charge on any atom is 0.194 e. The van der Waals surface area contributed by atoms with Crippen molar-refractivity contribution in [2.45, 2.75) is 6.92 Å². The Morgan fingerprint density at radius 2 is 2.10 bits per heavy atom. The normalized spacial score (nSPS) is 13.6. The van der Waals surface area contributed by atoms with Crippen LogP contribution in [0.4, 0.5) is 0 Å². The summed E-state index contributed by atoms with van der Waals surface area (Å²) in [5.74, 6) is 1.50. The van der Waals surface area contributed by atoms with Gasteiger partial charge in [-0.25, -0.2) is 4.98 Å². The predicted octanol–water partition coefficient (Wildman–Crippen LogP) is 2.95. The third kappa shape index (κ3) is 1.83. The largest absolute Gasteiger partial charge is 0.486 e. The van der Waals surface area contributed by atoms with E-state index in [1.165, 1.54) is 0 Å². The Morgan fingerprint density at radius 3 is 2.90 bits per heavy atom. The summed E-state index contributed by atoms with van der Waals surface area (Å²) in [7, 11) is 0. The highest BCUT2D eigenvalue weighted by molar-refractivity contribution is 7.17. The van der Waals surface area contributed by atoms with Crippen molar-refractivity contribution in [1.29, 1.82) is 0 Å². The molecule has 0 unspecified atom stereocenters. The Hall–Kier alpha value is -2.34. The molecule has 0 amide bonds. The molecule has 21 heavy (non-hydrogen) atoms. The molecule has 4 rings (SSSR count). The zero-order valence-corrected chi connectivity index (χ0v) is 12.1. The molecule has 0 atom stereocenters. The molecule has 1 aliphatic heterocycles. The first kappa shape index (κ1) is 12.4. The van der Waals surface area contributed by atoms with Crippen LogP contribution in [0.3, 0.4) is 0 Å². The van der Waals surface area contributed by atoms with E-state index < -0.39 is 0 Å². The van der Waals surface area contributed by atoms with Gasteiger partial charge >= 0.3 is 0 Å². The fourth-order valence-corrected chi connectivity index (χ4v) is 3.57. The van der Waals surface area contributed by atoms with Gasteiger partial charge in [-0.15, -0.1) is 11.3 Å². The lowest BCUT2D eigenvalue weighted by molar-refractivity contribution is 0.111. The molecule has 0 radical (unpaired) electrons. The van der Waals surface area contributed by atoms with E-state index in [1.54, 1.807) is 17.5 Å². The van der Waals surface area contributed by atoms with Gasteiger partial charge in [-0.2, -0.15) is 0 Å². The molecule has 1 aliphatic rings. The standard InChI is InChI=1S/C15H12N2O3S/c1-9-14(17-11(8-18)7-16-15(17)21-9)10-2-3-12-13(6-10)20-5-4-19-12/h2-3,6-8H,4-5H2,1H3. The van der Waals surface area contributed by atoms with Crippen LogP contribution < -0.4 is 9.47 Å². The fourth-order valence-electron chi connectivity index (χ4n) is 2.59. The summed E-state index contributed by atoms with van der Waals surface area (Å²) in [5.41, 5.74) is 2.52. The van der Waals surface area contributed by atoms with Crippen LogP contribution >= 0.6 is 11.3 Å². The number of fused-ring (bicyclic) bond motifs is 2. The molecule has 0 fully saturated rings. The van der Waals surface area contributed by atoms with Crippen molar-refractivity contribution in [3.63, 3.8) is 0 Å². The van der Waals surface area contributed by atoms with E-state index in [2.05, 4.69) is 4.98 Å². The number of ether oxygens (including phenoxy) is 2. The number of aryl methyl sites for hydroxylation is 1. The molecule has 0 saturated carbocycles. The van der Waals surface area contributed by atoms with E-state index >= 15 is 0 Å². The van der Waals surface area contributed by atoms with Crippen LogP contribution in [0.15, 0.2) is 24.4 Å². The number of benzene rings is 1. The summed E-state index contributed by atoms with van der Waals surface area (Å²) in [6, 6.07) is 5.85. The highest BCUT2D eigenvalue weighted by atomic mass is 32.1. The Balaban J connectivity index is 1.95. The minimum atomic E-state index is 0.555. The molecule has 0 spiro atoms. The lowest BCUT2D eigenvalue weighted by Crippen LogP contribution is -2.15. The van der Waals surface area contributed by atoms with Gasteiger partial charge in [0, 0.05) is 10.4 Å². The Morgan fingerprint density at radius 1 is 1.29 bits per heavy atom. The topological polar surface area (TPSA) is 52.8 Å². The Labute approximate surface area is 124 Å². The first-order valence-electron chi connectivity index (χ1n) is 6.60. The number of imidazole rings is 1. The lowest BCUT2D eigenvalue weighted by Gasteiger charge is -2.19. The zero-order chi connectivity index (χ0) is 14.4. The van der Waals surface area contributed by atoms with E-state index in [4.69, 9.17) is 9.47 Å². The molecular weight excluding hydrogens is 288 g/mol. The SMILES string of the molecule is Cc1sc2ncc(C=O)n2c1-c1ccc2c(c1)OCCO2. The van der Waals surface area contributed by atoms with E-state index in [1.807, 2.05) is 29.5 Å². The first-order valence-corrected chi connectivity index (χ1v) is 7.41. The van der Waals surface area contributed by atoms with Gasteiger partial charge in [0.1, 0.15) is 18.9 Å². The van der Waals surface area contributed by atoms with E-state index in [0.29, 0.717) is 18.9 Å². The van der Waals surface area contributed by atoms with E-state index in [-0.39, 0.29) is 0 Å². The van der Waals surface area contributed by atoms with E-state index in [0.717, 1.165) is 38.9 Å². The molecule has 3 heterocycles.